The van der Waals surface area contributed by atoms with E-state index in [0.717, 1.165) is 6.07 Å². The topological polar surface area (TPSA) is 119 Å². The maximum Gasteiger partial charge on any atom is 0.343 e. The molecule has 0 radical (unpaired) electrons. The van der Waals surface area contributed by atoms with Crippen molar-refractivity contribution in [1.29, 1.82) is 0 Å². The summed E-state index contributed by atoms with van der Waals surface area (Å²) in [6.07, 6.45) is 1.46. The number of aryl methyl sites for hydroxylation is 1. The van der Waals surface area contributed by atoms with Crippen molar-refractivity contribution in [3.63, 3.8) is 0 Å². The van der Waals surface area contributed by atoms with Crippen LogP contribution in [0.25, 0.3) is 0 Å². The minimum Gasteiger partial charge on any atom is -0.358 e. The SMILES string of the molecule is Cn1ncc(Cl)c1CNC(=O)c1cc([N+](=O)[O-])[nH]n1. The summed E-state index contributed by atoms with van der Waals surface area (Å²) in [6, 6.07) is 1.06. The number of halogens is 1. The molecule has 0 bridgehead atoms. The Morgan fingerprint density at radius 3 is 2.95 bits per heavy atom. The number of nitrogens with one attached hydrogen (secondary N) is 2. The molecule has 10 heteroatoms. The summed E-state index contributed by atoms with van der Waals surface area (Å²) in [7, 11) is 1.69. The van der Waals surface area contributed by atoms with Gasteiger partial charge in [-0.25, -0.2) is 0 Å². The standard InChI is InChI=1S/C9H9ClN6O3/c1-15-7(5(10)3-12-15)4-11-9(17)6-2-8(14-13-6)16(18)19/h2-3H,4H2,1H3,(H,11,17)(H,13,14). The van der Waals surface area contributed by atoms with Crippen LogP contribution in [0.2, 0.25) is 5.02 Å². The number of H-pyrrole nitrogens is 1. The molecule has 19 heavy (non-hydrogen) atoms. The Morgan fingerprint density at radius 1 is 1.68 bits per heavy atom. The van der Waals surface area contributed by atoms with Crippen LogP contribution < -0.4 is 5.32 Å². The first-order chi connectivity index (χ1) is 8.99. The predicted octanol–water partition coefficient (Wildman–Crippen LogP) is 0.635. The normalized spacial score (nSPS) is 10.4. The Bertz CT molecular complexity index is 614. The molecule has 0 aliphatic carbocycles. The van der Waals surface area contributed by atoms with Crippen molar-refractivity contribution in [2.45, 2.75) is 6.54 Å². The third-order valence-corrected chi connectivity index (χ3v) is 2.74. The van der Waals surface area contributed by atoms with Gasteiger partial charge in [0.2, 0.25) is 0 Å². The molecule has 0 saturated carbocycles. The van der Waals surface area contributed by atoms with E-state index in [1.54, 1.807) is 7.05 Å². The van der Waals surface area contributed by atoms with Gasteiger partial charge in [-0.15, -0.1) is 5.10 Å². The molecule has 0 aliphatic rings. The zero-order valence-electron chi connectivity index (χ0n) is 9.75. The van der Waals surface area contributed by atoms with Crippen LogP contribution >= 0.6 is 11.6 Å². The first-order valence-electron chi connectivity index (χ1n) is 5.13. The van der Waals surface area contributed by atoms with Gasteiger partial charge in [-0.2, -0.15) is 5.10 Å². The molecule has 100 valence electrons. The number of nitrogens with zero attached hydrogens (tertiary/aromatic N) is 4. The largest absolute Gasteiger partial charge is 0.358 e. The van der Waals surface area contributed by atoms with Crippen molar-refractivity contribution in [1.82, 2.24) is 25.3 Å². The fourth-order valence-electron chi connectivity index (χ4n) is 1.41. The van der Waals surface area contributed by atoms with E-state index in [-0.39, 0.29) is 18.1 Å². The molecule has 0 saturated heterocycles. The molecule has 0 atom stereocenters. The van der Waals surface area contributed by atoms with Crippen molar-refractivity contribution >= 4 is 23.3 Å². The summed E-state index contributed by atoms with van der Waals surface area (Å²) in [5, 5.41) is 23.0. The van der Waals surface area contributed by atoms with Crippen LogP contribution in [-0.4, -0.2) is 30.8 Å². The fraction of sp³-hybridized carbons (Fsp3) is 0.222. The van der Waals surface area contributed by atoms with Crippen LogP contribution in [0.1, 0.15) is 16.2 Å². The number of aromatic nitrogens is 4. The first kappa shape index (κ1) is 13.0. The van der Waals surface area contributed by atoms with Gasteiger partial charge < -0.3 is 15.4 Å². The first-order valence-corrected chi connectivity index (χ1v) is 5.51. The summed E-state index contributed by atoms with van der Waals surface area (Å²) in [6.45, 7) is 0.148. The molecule has 0 aromatic carbocycles. The summed E-state index contributed by atoms with van der Waals surface area (Å²) in [5.41, 5.74) is 0.560. The lowest BCUT2D eigenvalue weighted by molar-refractivity contribution is -0.389. The Kier molecular flexibility index (Phi) is 3.47. The van der Waals surface area contributed by atoms with Crippen LogP contribution in [0.5, 0.6) is 0 Å². The molecule has 2 N–H and O–H groups in total. The second-order valence-electron chi connectivity index (χ2n) is 3.64. The smallest absolute Gasteiger partial charge is 0.343 e. The maximum atomic E-state index is 11.7. The highest BCUT2D eigenvalue weighted by Gasteiger charge is 2.17. The molecular weight excluding hydrogens is 276 g/mol. The predicted molar refractivity (Wildman–Crippen MR) is 64.6 cm³/mol. The number of carbonyl (C=O) groups is 1. The molecule has 0 unspecified atom stereocenters. The Labute approximate surface area is 111 Å². The number of amides is 1. The molecule has 0 fully saturated rings. The van der Waals surface area contributed by atoms with E-state index in [2.05, 4.69) is 20.6 Å². The van der Waals surface area contributed by atoms with E-state index in [4.69, 9.17) is 11.6 Å². The number of hydrogen-bond donors (Lipinski definition) is 2. The van der Waals surface area contributed by atoms with Gasteiger partial charge in [0.15, 0.2) is 5.69 Å². The van der Waals surface area contributed by atoms with E-state index in [0.29, 0.717) is 10.7 Å². The van der Waals surface area contributed by atoms with Gasteiger partial charge in [0.05, 0.1) is 29.5 Å². The highest BCUT2D eigenvalue weighted by atomic mass is 35.5. The van der Waals surface area contributed by atoms with E-state index < -0.39 is 10.8 Å². The second-order valence-corrected chi connectivity index (χ2v) is 4.05. The van der Waals surface area contributed by atoms with Crippen molar-refractivity contribution in [2.24, 2.45) is 7.05 Å². The Balaban J connectivity index is 2.03. The van der Waals surface area contributed by atoms with Crippen molar-refractivity contribution in [2.75, 3.05) is 0 Å². The van der Waals surface area contributed by atoms with Crippen molar-refractivity contribution in [3.8, 4) is 0 Å². The minimum absolute atomic E-state index is 0.0648. The third kappa shape index (κ3) is 2.71. The molecule has 2 heterocycles. The summed E-state index contributed by atoms with van der Waals surface area (Å²) in [5.74, 6) is -0.884. The average Bonchev–Trinajstić information content (AvgIpc) is 2.95. The third-order valence-electron chi connectivity index (χ3n) is 2.42. The zero-order chi connectivity index (χ0) is 14.0. The molecule has 9 nitrogen and oxygen atoms in total. The molecule has 2 aromatic heterocycles. The fourth-order valence-corrected chi connectivity index (χ4v) is 1.64. The molecule has 0 aliphatic heterocycles. The number of carbonyl (C=O) groups excluding carboxylic acids is 1. The molecule has 1 amide bonds. The molecule has 2 aromatic rings. The second kappa shape index (κ2) is 5.06. The summed E-state index contributed by atoms with van der Waals surface area (Å²) >= 11 is 5.87. The lowest BCUT2D eigenvalue weighted by Gasteiger charge is -2.03. The maximum absolute atomic E-state index is 11.7. The summed E-state index contributed by atoms with van der Waals surface area (Å²) in [4.78, 5) is 21.5. The zero-order valence-corrected chi connectivity index (χ0v) is 10.5. The van der Waals surface area contributed by atoms with Crippen LogP contribution in [0.4, 0.5) is 5.82 Å². The quantitative estimate of drug-likeness (QED) is 0.630. The van der Waals surface area contributed by atoms with Gasteiger partial charge in [-0.05, 0) is 4.92 Å². The highest BCUT2D eigenvalue weighted by Crippen LogP contribution is 2.14. The molecular formula is C9H9ClN6O3. The van der Waals surface area contributed by atoms with Gasteiger partial charge in [-0.3, -0.25) is 9.48 Å². The van der Waals surface area contributed by atoms with Gasteiger partial charge in [-0.1, -0.05) is 16.7 Å². The van der Waals surface area contributed by atoms with E-state index in [1.807, 2.05) is 0 Å². The average molecular weight is 285 g/mol. The number of hydrogen-bond acceptors (Lipinski definition) is 5. The van der Waals surface area contributed by atoms with Crippen LogP contribution in [0.3, 0.4) is 0 Å². The lowest BCUT2D eigenvalue weighted by atomic mass is 10.3. The number of rotatable bonds is 4. The lowest BCUT2D eigenvalue weighted by Crippen LogP contribution is -2.24. The van der Waals surface area contributed by atoms with Crippen molar-refractivity contribution in [3.05, 3.63) is 38.8 Å². The van der Waals surface area contributed by atoms with E-state index in [9.17, 15) is 14.9 Å². The monoisotopic (exact) mass is 284 g/mol. The van der Waals surface area contributed by atoms with E-state index >= 15 is 0 Å². The molecule has 2 rings (SSSR count). The Morgan fingerprint density at radius 2 is 2.42 bits per heavy atom. The Hall–Kier alpha value is -2.42. The molecule has 0 spiro atoms. The van der Waals surface area contributed by atoms with Gasteiger partial charge in [0, 0.05) is 7.05 Å². The van der Waals surface area contributed by atoms with Crippen LogP contribution in [0.15, 0.2) is 12.3 Å². The van der Waals surface area contributed by atoms with Crippen molar-refractivity contribution < 1.29 is 9.72 Å². The summed E-state index contributed by atoms with van der Waals surface area (Å²) < 4.78 is 1.52. The minimum atomic E-state index is -0.665. The number of aromatic amines is 1. The van der Waals surface area contributed by atoms with Crippen LogP contribution in [0, 0.1) is 10.1 Å². The van der Waals surface area contributed by atoms with Gasteiger partial charge >= 0.3 is 5.82 Å². The van der Waals surface area contributed by atoms with Gasteiger partial charge in [0.1, 0.15) is 0 Å². The number of nitro groups is 1. The highest BCUT2D eigenvalue weighted by molar-refractivity contribution is 6.31. The van der Waals surface area contributed by atoms with E-state index in [1.165, 1.54) is 10.9 Å². The van der Waals surface area contributed by atoms with Crippen LogP contribution in [-0.2, 0) is 13.6 Å². The van der Waals surface area contributed by atoms with Gasteiger partial charge in [0.25, 0.3) is 5.91 Å².